The van der Waals surface area contributed by atoms with Gasteiger partial charge in [0.25, 0.3) is 0 Å². The monoisotopic (exact) mass is 592 g/mol. The van der Waals surface area contributed by atoms with Crippen molar-refractivity contribution in [2.24, 2.45) is 10.9 Å². The van der Waals surface area contributed by atoms with Crippen molar-refractivity contribution in [3.8, 4) is 0 Å². The molecule has 0 bridgehead atoms. The number of Topliss-reactive ketones (excluding diaryl/α,β-unsaturated/α-hetero) is 1. The largest absolute Gasteiger partial charge is 0.464 e. The molecule has 40 heavy (non-hydrogen) atoms. The van der Waals surface area contributed by atoms with Crippen molar-refractivity contribution >= 4 is 34.9 Å². The Balaban J connectivity index is 3.01. The standard InChI is InChI=1S/C30H49N4O4PS/c1-9-14-15-19-28(31-13-5)39(8)40(37)34-20-16-18-26(27(35)22-34)33-30(36)29(23(6)12-4)32-25(17-10-2)24(7)38-21-11-3/h9,11,15,17,19,21,23,26,29,32H,1,7,10,12-14,16,18,20,22H2,2-6,8H3,(H,33,36)/b19-15+,21-11-,25-17+,31-28?. The lowest BCUT2D eigenvalue weighted by atomic mass is 9.96. The van der Waals surface area contributed by atoms with Crippen LogP contribution >= 0.6 is 7.12 Å². The fourth-order valence-corrected chi connectivity index (χ4v) is 8.00. The maximum absolute atomic E-state index is 13.5. The van der Waals surface area contributed by atoms with Crippen LogP contribution in [0.1, 0.15) is 66.7 Å². The summed E-state index contributed by atoms with van der Waals surface area (Å²) in [6, 6.07) is -1.21. The second-order valence-electron chi connectivity index (χ2n) is 9.56. The molecule has 0 saturated carbocycles. The van der Waals surface area contributed by atoms with E-state index in [0.717, 1.165) is 18.3 Å². The summed E-state index contributed by atoms with van der Waals surface area (Å²) in [5.74, 6) is 0.0391. The summed E-state index contributed by atoms with van der Waals surface area (Å²) < 4.78 is 20.8. The summed E-state index contributed by atoms with van der Waals surface area (Å²) in [6.45, 7) is 20.6. The minimum Gasteiger partial charge on any atom is -0.464 e. The van der Waals surface area contributed by atoms with Gasteiger partial charge < -0.3 is 15.4 Å². The molecule has 8 nitrogen and oxygen atoms in total. The van der Waals surface area contributed by atoms with E-state index in [2.05, 4.69) is 28.8 Å². The molecule has 1 amide bonds. The number of allylic oxidation sites excluding steroid dienone is 5. The van der Waals surface area contributed by atoms with Gasteiger partial charge in [0.15, 0.2) is 5.78 Å². The number of carbonyl (C=O) groups is 2. The van der Waals surface area contributed by atoms with Gasteiger partial charge in [-0.1, -0.05) is 58.1 Å². The van der Waals surface area contributed by atoms with Crippen LogP contribution in [0.25, 0.3) is 0 Å². The number of nitrogens with one attached hydrogen (secondary N) is 2. The molecule has 1 fully saturated rings. The molecule has 0 aromatic carbocycles. The SMILES string of the molecule is C=CC/C=C/C(=NCC)P(C)S(=O)N1CCCC(NC(=O)C(N/C(=C/CC)C(=C)O/C=C\C)C(C)CC)C(=O)C1. The fraction of sp³-hybridized carbons (Fsp3) is 0.567. The van der Waals surface area contributed by atoms with E-state index >= 15 is 0 Å². The highest BCUT2D eigenvalue weighted by Gasteiger charge is 2.33. The normalized spacial score (nSPS) is 20.6. The smallest absolute Gasteiger partial charge is 0.243 e. The van der Waals surface area contributed by atoms with Gasteiger partial charge in [0.05, 0.1) is 37.1 Å². The minimum absolute atomic E-state index is 0.00581. The second-order valence-corrected chi connectivity index (χ2v) is 14.6. The van der Waals surface area contributed by atoms with E-state index in [1.54, 1.807) is 22.7 Å². The topological polar surface area (TPSA) is 100 Å². The maximum atomic E-state index is 13.5. The van der Waals surface area contributed by atoms with Crippen molar-refractivity contribution in [1.82, 2.24) is 14.9 Å². The molecular formula is C30H49N4O4PS. The quantitative estimate of drug-likeness (QED) is 0.0738. The molecule has 0 radical (unpaired) electrons. The Morgan fingerprint density at radius 3 is 2.67 bits per heavy atom. The van der Waals surface area contributed by atoms with Crippen molar-refractivity contribution < 1.29 is 18.5 Å². The van der Waals surface area contributed by atoms with E-state index in [0.29, 0.717) is 43.8 Å². The van der Waals surface area contributed by atoms with E-state index in [9.17, 15) is 13.8 Å². The fourth-order valence-electron chi connectivity index (χ4n) is 4.03. The number of hydrogen-bond donors (Lipinski definition) is 2. The van der Waals surface area contributed by atoms with E-state index in [4.69, 9.17) is 4.74 Å². The molecule has 1 heterocycles. The summed E-state index contributed by atoms with van der Waals surface area (Å²) in [7, 11) is -2.49. The Labute approximate surface area is 245 Å². The highest BCUT2D eigenvalue weighted by molar-refractivity contribution is 8.50. The van der Waals surface area contributed by atoms with Gasteiger partial charge in [-0.25, -0.2) is 8.51 Å². The second kappa shape index (κ2) is 19.7. The number of aliphatic imine (C=N–C) groups is 1. The van der Waals surface area contributed by atoms with Crippen molar-refractivity contribution in [2.75, 3.05) is 26.3 Å². The minimum atomic E-state index is -1.38. The van der Waals surface area contributed by atoms with Gasteiger partial charge in [0.1, 0.15) is 22.4 Å². The van der Waals surface area contributed by atoms with Gasteiger partial charge in [-0.3, -0.25) is 14.6 Å². The molecule has 10 heteroatoms. The molecule has 1 rings (SSSR count). The summed E-state index contributed by atoms with van der Waals surface area (Å²) in [4.78, 5) is 31.4. The average Bonchev–Trinajstić information content (AvgIpc) is 3.13. The average molecular weight is 593 g/mol. The van der Waals surface area contributed by atoms with E-state index in [1.807, 2.05) is 59.5 Å². The number of ketones is 1. The molecule has 0 aliphatic carbocycles. The van der Waals surface area contributed by atoms with E-state index in [1.165, 1.54) is 0 Å². The van der Waals surface area contributed by atoms with Gasteiger partial charge in [0.2, 0.25) is 5.91 Å². The van der Waals surface area contributed by atoms with Gasteiger partial charge >= 0.3 is 0 Å². The first kappa shape index (κ1) is 35.7. The van der Waals surface area contributed by atoms with Crippen LogP contribution < -0.4 is 10.6 Å². The Kier molecular flexibility index (Phi) is 17.6. The third-order valence-electron chi connectivity index (χ3n) is 6.47. The summed E-state index contributed by atoms with van der Waals surface area (Å²) in [5.41, 5.74) is 1.45. The Morgan fingerprint density at radius 1 is 1.35 bits per heavy atom. The van der Waals surface area contributed by atoms with Crippen molar-refractivity contribution in [2.45, 2.75) is 78.8 Å². The summed E-state index contributed by atoms with van der Waals surface area (Å²) in [5, 5.41) is 6.31. The first-order valence-electron chi connectivity index (χ1n) is 14.1. The van der Waals surface area contributed by atoms with E-state index < -0.39 is 29.8 Å². The van der Waals surface area contributed by atoms with E-state index in [-0.39, 0.29) is 24.2 Å². The molecule has 1 aliphatic rings. The lowest BCUT2D eigenvalue weighted by Gasteiger charge is -2.28. The van der Waals surface area contributed by atoms with Crippen molar-refractivity contribution in [1.29, 1.82) is 0 Å². The maximum Gasteiger partial charge on any atom is 0.243 e. The third kappa shape index (κ3) is 11.6. The number of nitrogens with zero attached hydrogens (tertiary/aromatic N) is 2. The molecule has 2 N–H and O–H groups in total. The molecule has 1 saturated heterocycles. The zero-order valence-electron chi connectivity index (χ0n) is 25.2. The molecule has 5 unspecified atom stereocenters. The summed E-state index contributed by atoms with van der Waals surface area (Å²) in [6.07, 6.45) is 14.3. The molecular weight excluding hydrogens is 543 g/mol. The predicted molar refractivity (Wildman–Crippen MR) is 170 cm³/mol. The van der Waals surface area contributed by atoms with Gasteiger partial charge in [-0.15, -0.1) is 6.58 Å². The van der Waals surface area contributed by atoms with Crippen LogP contribution in [-0.2, 0) is 24.9 Å². The summed E-state index contributed by atoms with van der Waals surface area (Å²) >= 11 is 0. The number of ether oxygens (including phenoxy) is 1. The molecule has 1 aliphatic heterocycles. The van der Waals surface area contributed by atoms with Crippen LogP contribution in [0.3, 0.4) is 0 Å². The number of amides is 1. The first-order chi connectivity index (χ1) is 19.1. The predicted octanol–water partition coefficient (Wildman–Crippen LogP) is 5.74. The van der Waals surface area contributed by atoms with Gasteiger partial charge in [-0.05, 0) is 58.2 Å². The van der Waals surface area contributed by atoms with Crippen molar-refractivity contribution in [3.63, 3.8) is 0 Å². The Bertz CT molecular complexity index is 1010. The van der Waals surface area contributed by atoms with Crippen LogP contribution in [-0.4, -0.2) is 64.0 Å². The highest BCUT2D eigenvalue weighted by atomic mass is 32.7. The first-order valence-corrected chi connectivity index (χ1v) is 17.6. The highest BCUT2D eigenvalue weighted by Crippen LogP contribution is 2.40. The lowest BCUT2D eigenvalue weighted by Crippen LogP contribution is -2.53. The van der Waals surface area contributed by atoms with Gasteiger partial charge in [-0.2, -0.15) is 0 Å². The number of hydrogen-bond acceptors (Lipinski definition) is 6. The van der Waals surface area contributed by atoms with Crippen LogP contribution in [0.5, 0.6) is 0 Å². The van der Waals surface area contributed by atoms with Gasteiger partial charge in [0, 0.05) is 13.1 Å². The number of rotatable bonds is 17. The molecule has 224 valence electrons. The van der Waals surface area contributed by atoms with Crippen LogP contribution in [0.2, 0.25) is 0 Å². The Hall–Kier alpha value is -2.35. The Morgan fingerprint density at radius 2 is 2.08 bits per heavy atom. The molecule has 5 atom stereocenters. The van der Waals surface area contributed by atoms with Crippen molar-refractivity contribution in [3.05, 3.63) is 61.3 Å². The third-order valence-corrected chi connectivity index (χ3v) is 11.3. The van der Waals surface area contributed by atoms with Crippen LogP contribution in [0, 0.1) is 5.92 Å². The lowest BCUT2D eigenvalue weighted by molar-refractivity contribution is -0.129. The van der Waals surface area contributed by atoms with Crippen LogP contribution in [0.15, 0.2) is 66.2 Å². The molecule has 0 aromatic rings. The number of carbonyl (C=O) groups excluding carboxylic acids is 2. The van der Waals surface area contributed by atoms with Crippen LogP contribution in [0.4, 0.5) is 0 Å². The zero-order chi connectivity index (χ0) is 30.1. The zero-order valence-corrected chi connectivity index (χ0v) is 26.9. The molecule has 0 spiro atoms. The molecule has 0 aromatic heterocycles.